The predicted molar refractivity (Wildman–Crippen MR) is 156 cm³/mol. The lowest BCUT2D eigenvalue weighted by Crippen LogP contribution is -2.49. The van der Waals surface area contributed by atoms with Gasteiger partial charge in [-0.1, -0.05) is 55.5 Å². The Bertz CT molecular complexity index is 1470. The number of carbonyl (C=O) groups is 2. The van der Waals surface area contributed by atoms with E-state index in [1.165, 1.54) is 23.9 Å². The number of thioether (sulfide) groups is 2. The fourth-order valence-electron chi connectivity index (χ4n) is 4.54. The molecule has 3 aromatic carbocycles. The molecular weight excluding hydrogens is 555 g/mol. The van der Waals surface area contributed by atoms with Crippen molar-refractivity contribution in [1.29, 1.82) is 0 Å². The second-order valence-electron chi connectivity index (χ2n) is 9.22. The average molecular weight is 582 g/mol. The van der Waals surface area contributed by atoms with Crippen LogP contribution in [0.1, 0.15) is 18.9 Å². The molecule has 0 saturated heterocycles. The highest BCUT2D eigenvalue weighted by Gasteiger charge is 2.36. The number of hydrogen-bond acceptors (Lipinski definition) is 4. The summed E-state index contributed by atoms with van der Waals surface area (Å²) in [5, 5.41) is 5.16. The van der Waals surface area contributed by atoms with Crippen molar-refractivity contribution in [3.05, 3.63) is 103 Å². The van der Waals surface area contributed by atoms with E-state index in [9.17, 15) is 22.8 Å². The molecule has 2 N–H and O–H groups in total. The molecule has 1 heterocycles. The van der Waals surface area contributed by atoms with Crippen LogP contribution in [0, 0.1) is 0 Å². The fraction of sp³-hybridized carbons (Fsp3) is 0.200. The average Bonchev–Trinajstić information content (AvgIpc) is 2.94. The molecule has 5 rings (SSSR count). The van der Waals surface area contributed by atoms with Gasteiger partial charge in [-0.05, 0) is 55.0 Å². The maximum absolute atomic E-state index is 13.6. The van der Waals surface area contributed by atoms with Gasteiger partial charge in [0.15, 0.2) is 0 Å². The Kier molecular flexibility index (Phi) is 8.27. The van der Waals surface area contributed by atoms with Gasteiger partial charge in [-0.3, -0.25) is 9.69 Å². The smallest absolute Gasteiger partial charge is 0.325 e. The van der Waals surface area contributed by atoms with E-state index in [-0.39, 0.29) is 23.0 Å². The predicted octanol–water partition coefficient (Wildman–Crippen LogP) is 8.22. The number of alkyl halides is 3. The molecule has 0 radical (unpaired) electrons. The van der Waals surface area contributed by atoms with Crippen LogP contribution in [0.2, 0.25) is 0 Å². The molecule has 0 spiro atoms. The summed E-state index contributed by atoms with van der Waals surface area (Å²) in [5.74, 6) is -0.396. The molecule has 3 atom stereocenters. The summed E-state index contributed by atoms with van der Waals surface area (Å²) in [6.07, 6.45) is 4.02. The number of urea groups is 1. The second kappa shape index (κ2) is 11.9. The van der Waals surface area contributed by atoms with Crippen molar-refractivity contribution in [2.24, 2.45) is 0 Å². The van der Waals surface area contributed by atoms with Crippen LogP contribution in [0.4, 0.5) is 35.0 Å². The van der Waals surface area contributed by atoms with Crippen molar-refractivity contribution in [3.63, 3.8) is 0 Å². The maximum atomic E-state index is 13.6. The normalized spacial score (nSPS) is 18.4. The number of allylic oxidation sites excluding steroid dienone is 2. The number of halogens is 3. The highest BCUT2D eigenvalue weighted by atomic mass is 32.2. The minimum atomic E-state index is -4.50. The number of fused-ring (bicyclic) bond motifs is 2. The number of hydrogen-bond donors (Lipinski definition) is 2. The van der Waals surface area contributed by atoms with Crippen LogP contribution in [0.15, 0.2) is 107 Å². The molecular formula is C30H26F3N3O2S2. The first-order valence-electron chi connectivity index (χ1n) is 12.7. The van der Waals surface area contributed by atoms with Crippen molar-refractivity contribution >= 4 is 52.5 Å². The zero-order chi connectivity index (χ0) is 28.3. The lowest BCUT2D eigenvalue weighted by Gasteiger charge is -2.40. The largest absolute Gasteiger partial charge is 0.416 e. The van der Waals surface area contributed by atoms with Crippen molar-refractivity contribution in [2.45, 2.75) is 45.9 Å². The molecule has 1 aliphatic carbocycles. The van der Waals surface area contributed by atoms with Crippen LogP contribution in [0.5, 0.6) is 0 Å². The van der Waals surface area contributed by atoms with Gasteiger partial charge in [-0.2, -0.15) is 13.2 Å². The lowest BCUT2D eigenvalue weighted by atomic mass is 10.1. The standard InChI is InChI=1S/C30H26F3N3O2S2/c1-2-25(28(37)34-20-10-7-9-19(17-20)30(31,32)33)39-22-12-8-11-21(18-22)35-29(38)36-23-13-3-5-15-26(23)40-27-16-6-4-14-24(27)36/h3-18,23,25-26H,2H2,1H3,(H,34,37)(H,35,38). The Morgan fingerprint density at radius 3 is 2.45 bits per heavy atom. The number of nitrogens with one attached hydrogen (secondary N) is 2. The minimum Gasteiger partial charge on any atom is -0.325 e. The van der Waals surface area contributed by atoms with Crippen LogP contribution >= 0.6 is 23.5 Å². The van der Waals surface area contributed by atoms with Crippen LogP contribution in [-0.2, 0) is 11.0 Å². The number of nitrogens with zero attached hydrogens (tertiary/aromatic N) is 1. The Balaban J connectivity index is 1.29. The first kappa shape index (κ1) is 27.9. The van der Waals surface area contributed by atoms with Gasteiger partial charge in [0.05, 0.1) is 27.8 Å². The molecule has 0 saturated carbocycles. The van der Waals surface area contributed by atoms with Crippen molar-refractivity contribution in [1.82, 2.24) is 0 Å². The molecule has 206 valence electrons. The SMILES string of the molecule is CCC(Sc1cccc(NC(=O)N2c3ccccc3SC3C=CC=CC32)c1)C(=O)Nc1cccc(C(F)(F)F)c1. The second-order valence-corrected chi connectivity index (χ2v) is 11.7. The first-order valence-corrected chi connectivity index (χ1v) is 14.4. The van der Waals surface area contributed by atoms with Gasteiger partial charge in [0.1, 0.15) is 0 Å². The molecule has 0 aromatic heterocycles. The summed E-state index contributed by atoms with van der Waals surface area (Å²) >= 11 is 3.02. The molecule has 2 aliphatic rings. The Morgan fingerprint density at radius 1 is 0.950 bits per heavy atom. The van der Waals surface area contributed by atoms with E-state index in [1.54, 1.807) is 34.9 Å². The van der Waals surface area contributed by atoms with Gasteiger partial charge in [0.2, 0.25) is 5.91 Å². The number of anilines is 3. The molecule has 1 aliphatic heterocycles. The van der Waals surface area contributed by atoms with E-state index in [1.807, 2.05) is 55.5 Å². The monoisotopic (exact) mass is 581 g/mol. The Morgan fingerprint density at radius 2 is 1.68 bits per heavy atom. The zero-order valence-electron chi connectivity index (χ0n) is 21.4. The van der Waals surface area contributed by atoms with Gasteiger partial charge in [0.25, 0.3) is 0 Å². The summed E-state index contributed by atoms with van der Waals surface area (Å²) in [4.78, 5) is 30.1. The Labute approximate surface area is 238 Å². The third-order valence-electron chi connectivity index (χ3n) is 6.45. The first-order chi connectivity index (χ1) is 19.2. The van der Waals surface area contributed by atoms with Crippen LogP contribution in [0.25, 0.3) is 0 Å². The van der Waals surface area contributed by atoms with E-state index >= 15 is 0 Å². The molecule has 40 heavy (non-hydrogen) atoms. The molecule has 10 heteroatoms. The summed E-state index contributed by atoms with van der Waals surface area (Å²) in [6.45, 7) is 1.84. The molecule has 0 bridgehead atoms. The van der Waals surface area contributed by atoms with Gasteiger partial charge in [-0.25, -0.2) is 4.79 Å². The quantitative estimate of drug-likeness (QED) is 0.288. The van der Waals surface area contributed by atoms with Crippen molar-refractivity contribution < 1.29 is 22.8 Å². The van der Waals surface area contributed by atoms with E-state index in [0.717, 1.165) is 27.6 Å². The van der Waals surface area contributed by atoms with Crippen molar-refractivity contribution in [2.75, 3.05) is 15.5 Å². The number of amides is 3. The number of rotatable bonds is 6. The molecule has 0 fully saturated rings. The molecule has 3 amide bonds. The van der Waals surface area contributed by atoms with Gasteiger partial charge in [-0.15, -0.1) is 23.5 Å². The molecule has 3 unspecified atom stereocenters. The minimum absolute atomic E-state index is 0.0878. The fourth-order valence-corrected chi connectivity index (χ4v) is 6.81. The molecule has 3 aromatic rings. The van der Waals surface area contributed by atoms with Gasteiger partial charge < -0.3 is 10.6 Å². The third-order valence-corrected chi connectivity index (χ3v) is 9.11. The summed E-state index contributed by atoms with van der Waals surface area (Å²) < 4.78 is 39.2. The van der Waals surface area contributed by atoms with E-state index in [4.69, 9.17) is 0 Å². The Hall–Kier alpha value is -3.63. The highest BCUT2D eigenvalue weighted by molar-refractivity contribution is 8.00. The van der Waals surface area contributed by atoms with E-state index < -0.39 is 22.9 Å². The highest BCUT2D eigenvalue weighted by Crippen LogP contribution is 2.43. The number of carbonyl (C=O) groups excluding carboxylic acids is 2. The summed E-state index contributed by atoms with van der Waals surface area (Å²) in [7, 11) is 0. The third kappa shape index (κ3) is 6.23. The van der Waals surface area contributed by atoms with Crippen LogP contribution in [0.3, 0.4) is 0 Å². The van der Waals surface area contributed by atoms with Gasteiger partial charge in [0, 0.05) is 21.2 Å². The van der Waals surface area contributed by atoms with E-state index in [2.05, 4.69) is 16.7 Å². The van der Waals surface area contributed by atoms with Gasteiger partial charge >= 0.3 is 12.2 Å². The van der Waals surface area contributed by atoms with Crippen LogP contribution in [-0.4, -0.2) is 28.5 Å². The van der Waals surface area contributed by atoms with Crippen molar-refractivity contribution in [3.8, 4) is 0 Å². The zero-order valence-corrected chi connectivity index (χ0v) is 23.0. The number of benzene rings is 3. The maximum Gasteiger partial charge on any atom is 0.416 e. The summed E-state index contributed by atoms with van der Waals surface area (Å²) in [6, 6.07) is 19.2. The topological polar surface area (TPSA) is 61.4 Å². The molecule has 5 nitrogen and oxygen atoms in total. The van der Waals surface area contributed by atoms with E-state index in [0.29, 0.717) is 12.1 Å². The lowest BCUT2D eigenvalue weighted by molar-refractivity contribution is -0.137. The summed E-state index contributed by atoms with van der Waals surface area (Å²) in [5.41, 5.74) is 0.681. The van der Waals surface area contributed by atoms with Crippen LogP contribution < -0.4 is 15.5 Å². The number of para-hydroxylation sites is 1.